The van der Waals surface area contributed by atoms with Crippen molar-refractivity contribution in [2.75, 3.05) is 0 Å². The van der Waals surface area contributed by atoms with Crippen molar-refractivity contribution in [2.24, 2.45) is 0 Å². The minimum atomic E-state index is -1.31. The lowest BCUT2D eigenvalue weighted by atomic mass is 10.2. The number of hydrogen-bond acceptors (Lipinski definition) is 5. The molecule has 0 atom stereocenters. The molecule has 104 valence electrons. The maximum absolute atomic E-state index is 11.6. The summed E-state index contributed by atoms with van der Waals surface area (Å²) in [6.45, 7) is 0. The lowest BCUT2D eigenvalue weighted by molar-refractivity contribution is -0.384. The number of carbonyl (C=O) groups excluding carboxylic acids is 2. The molecule has 1 aromatic rings. The maximum Gasteiger partial charge on any atom is 0.328 e. The highest BCUT2D eigenvalue weighted by Gasteiger charge is 2.11. The van der Waals surface area contributed by atoms with E-state index in [2.05, 4.69) is 0 Å². The molecule has 20 heavy (non-hydrogen) atoms. The fourth-order valence-corrected chi connectivity index (χ4v) is 1.14. The van der Waals surface area contributed by atoms with E-state index in [1.54, 1.807) is 0 Å². The summed E-state index contributed by atoms with van der Waals surface area (Å²) in [5.41, 5.74) is 3.61. The summed E-state index contributed by atoms with van der Waals surface area (Å²) >= 11 is 0. The first-order valence-corrected chi connectivity index (χ1v) is 5.16. The Kier molecular flexibility index (Phi) is 4.92. The molecule has 9 heteroatoms. The third-order valence-corrected chi connectivity index (χ3v) is 2.00. The molecule has 0 aliphatic carbocycles. The fraction of sp³-hybridized carbons (Fsp3) is 0. The predicted octanol–water partition coefficient (Wildman–Crippen LogP) is -0.00340. The second-order valence-corrected chi connectivity index (χ2v) is 3.42. The van der Waals surface area contributed by atoms with Crippen LogP contribution >= 0.6 is 0 Å². The quantitative estimate of drug-likeness (QED) is 0.402. The molecule has 0 heterocycles. The lowest BCUT2D eigenvalue weighted by Crippen LogP contribution is -2.40. The van der Waals surface area contributed by atoms with E-state index in [0.29, 0.717) is 12.2 Å². The van der Waals surface area contributed by atoms with Gasteiger partial charge in [-0.3, -0.25) is 30.6 Å². The second-order valence-electron chi connectivity index (χ2n) is 3.42. The van der Waals surface area contributed by atoms with Crippen LogP contribution in [0.25, 0.3) is 0 Å². The highest BCUT2D eigenvalue weighted by Crippen LogP contribution is 2.12. The van der Waals surface area contributed by atoms with Crippen molar-refractivity contribution in [1.29, 1.82) is 0 Å². The number of carboxylic acids is 1. The Morgan fingerprint density at radius 1 is 1.20 bits per heavy atom. The van der Waals surface area contributed by atoms with Gasteiger partial charge in [0.25, 0.3) is 17.5 Å². The molecule has 9 nitrogen and oxygen atoms in total. The highest BCUT2D eigenvalue weighted by molar-refractivity contribution is 5.98. The summed E-state index contributed by atoms with van der Waals surface area (Å²) in [4.78, 5) is 42.7. The van der Waals surface area contributed by atoms with Crippen molar-refractivity contribution in [3.63, 3.8) is 0 Å². The van der Waals surface area contributed by atoms with E-state index in [-0.39, 0.29) is 11.3 Å². The van der Waals surface area contributed by atoms with Crippen LogP contribution in [0.15, 0.2) is 36.4 Å². The second kappa shape index (κ2) is 6.64. The number of hydrogen-bond donors (Lipinski definition) is 3. The fourth-order valence-electron chi connectivity index (χ4n) is 1.14. The summed E-state index contributed by atoms with van der Waals surface area (Å²) in [6, 6.07) is 4.89. The zero-order chi connectivity index (χ0) is 15.1. The van der Waals surface area contributed by atoms with Gasteiger partial charge >= 0.3 is 5.97 Å². The molecule has 0 aliphatic rings. The molecule has 0 spiro atoms. The average molecular weight is 279 g/mol. The molecule has 3 N–H and O–H groups in total. The predicted molar refractivity (Wildman–Crippen MR) is 65.5 cm³/mol. The Morgan fingerprint density at radius 3 is 2.50 bits per heavy atom. The number of carbonyl (C=O) groups is 3. The van der Waals surface area contributed by atoms with E-state index in [1.165, 1.54) is 18.2 Å². The van der Waals surface area contributed by atoms with Gasteiger partial charge in [0.05, 0.1) is 4.92 Å². The summed E-state index contributed by atoms with van der Waals surface area (Å²) < 4.78 is 0. The van der Waals surface area contributed by atoms with Crippen LogP contribution in [-0.4, -0.2) is 27.8 Å². The number of rotatable bonds is 4. The third kappa shape index (κ3) is 4.56. The van der Waals surface area contributed by atoms with Crippen LogP contribution in [0, 0.1) is 10.1 Å². The van der Waals surface area contributed by atoms with Crippen LogP contribution in [-0.2, 0) is 9.59 Å². The van der Waals surface area contributed by atoms with Gasteiger partial charge in [-0.15, -0.1) is 0 Å². The summed E-state index contributed by atoms with van der Waals surface area (Å²) in [7, 11) is 0. The molecule has 1 aromatic carbocycles. The van der Waals surface area contributed by atoms with Crippen molar-refractivity contribution < 1.29 is 24.4 Å². The molecule has 0 fully saturated rings. The number of aliphatic carboxylic acids is 1. The van der Waals surface area contributed by atoms with Crippen molar-refractivity contribution in [1.82, 2.24) is 10.9 Å². The summed E-state index contributed by atoms with van der Waals surface area (Å²) in [5.74, 6) is -2.94. The zero-order valence-corrected chi connectivity index (χ0v) is 9.90. The summed E-state index contributed by atoms with van der Waals surface area (Å²) in [6.07, 6.45) is 1.30. The van der Waals surface area contributed by atoms with E-state index in [1.807, 2.05) is 10.9 Å². The maximum atomic E-state index is 11.6. The Morgan fingerprint density at radius 2 is 1.90 bits per heavy atom. The number of nitrogens with zero attached hydrogens (tertiary/aromatic N) is 1. The number of nitro groups is 1. The first-order chi connectivity index (χ1) is 9.40. The molecule has 0 aromatic heterocycles. The smallest absolute Gasteiger partial charge is 0.328 e. The molecule has 0 saturated heterocycles. The van der Waals surface area contributed by atoms with E-state index < -0.39 is 22.7 Å². The molecule has 2 amide bonds. The van der Waals surface area contributed by atoms with E-state index in [9.17, 15) is 24.5 Å². The number of nitrogens with one attached hydrogen (secondary N) is 2. The summed E-state index contributed by atoms with van der Waals surface area (Å²) in [5, 5.41) is 18.8. The first kappa shape index (κ1) is 14.8. The number of nitro benzene ring substituents is 1. The van der Waals surface area contributed by atoms with Crippen LogP contribution in [0.1, 0.15) is 10.4 Å². The lowest BCUT2D eigenvalue weighted by Gasteiger charge is -2.04. The topological polar surface area (TPSA) is 139 Å². The third-order valence-electron chi connectivity index (χ3n) is 2.00. The van der Waals surface area contributed by atoms with Gasteiger partial charge in [-0.2, -0.15) is 0 Å². The molecule has 1 rings (SSSR count). The van der Waals surface area contributed by atoms with Crippen LogP contribution < -0.4 is 10.9 Å². The highest BCUT2D eigenvalue weighted by atomic mass is 16.6. The monoisotopic (exact) mass is 279 g/mol. The standard InChI is InChI=1S/C11H9N3O6/c15-9(4-5-10(16)17)12-13-11(18)7-2-1-3-8(6-7)14(19)20/h1-6H,(H,12,15)(H,13,18)(H,16,17)/b5-4+. The Hall–Kier alpha value is -3.23. The normalized spacial score (nSPS) is 10.0. The molecule has 0 radical (unpaired) electrons. The van der Waals surface area contributed by atoms with Gasteiger partial charge in [0.15, 0.2) is 0 Å². The van der Waals surface area contributed by atoms with Gasteiger partial charge in [0.1, 0.15) is 0 Å². The van der Waals surface area contributed by atoms with Gasteiger partial charge in [-0.25, -0.2) is 4.79 Å². The zero-order valence-electron chi connectivity index (χ0n) is 9.90. The molecule has 0 saturated carbocycles. The van der Waals surface area contributed by atoms with Crippen molar-refractivity contribution in [3.05, 3.63) is 52.1 Å². The van der Waals surface area contributed by atoms with Crippen LogP contribution in [0.3, 0.4) is 0 Å². The largest absolute Gasteiger partial charge is 0.478 e. The van der Waals surface area contributed by atoms with E-state index >= 15 is 0 Å². The number of non-ortho nitro benzene ring substituents is 1. The number of amides is 2. The molecular formula is C11H9N3O6. The number of carboxylic acid groups (broad SMARTS) is 1. The molecule has 0 aliphatic heterocycles. The van der Waals surface area contributed by atoms with Crippen LogP contribution in [0.5, 0.6) is 0 Å². The van der Waals surface area contributed by atoms with Crippen LogP contribution in [0.2, 0.25) is 0 Å². The Bertz CT molecular complexity index is 596. The van der Waals surface area contributed by atoms with Gasteiger partial charge < -0.3 is 5.11 Å². The minimum Gasteiger partial charge on any atom is -0.478 e. The Labute approximate surface area is 112 Å². The molecule has 0 bridgehead atoms. The van der Waals surface area contributed by atoms with E-state index in [0.717, 1.165) is 6.07 Å². The van der Waals surface area contributed by atoms with Gasteiger partial charge in [-0.05, 0) is 6.07 Å². The van der Waals surface area contributed by atoms with Gasteiger partial charge in [0.2, 0.25) is 0 Å². The average Bonchev–Trinajstić information content (AvgIpc) is 2.42. The number of benzene rings is 1. The number of hydrazine groups is 1. The molecule has 0 unspecified atom stereocenters. The van der Waals surface area contributed by atoms with Gasteiger partial charge in [0, 0.05) is 29.8 Å². The van der Waals surface area contributed by atoms with E-state index in [4.69, 9.17) is 5.11 Å². The SMILES string of the molecule is O=C(O)/C=C/C(=O)NNC(=O)c1cccc([N+](=O)[O-])c1. The van der Waals surface area contributed by atoms with Crippen molar-refractivity contribution in [2.45, 2.75) is 0 Å². The molecular weight excluding hydrogens is 270 g/mol. The van der Waals surface area contributed by atoms with Gasteiger partial charge in [-0.1, -0.05) is 6.07 Å². The van der Waals surface area contributed by atoms with Crippen LogP contribution in [0.4, 0.5) is 5.69 Å². The van der Waals surface area contributed by atoms with Crippen molar-refractivity contribution >= 4 is 23.5 Å². The Balaban J connectivity index is 2.63. The first-order valence-electron chi connectivity index (χ1n) is 5.16. The minimum absolute atomic E-state index is 0.0262. The van der Waals surface area contributed by atoms with Crippen molar-refractivity contribution in [3.8, 4) is 0 Å².